The highest BCUT2D eigenvalue weighted by molar-refractivity contribution is 6.30. The molecule has 0 N–H and O–H groups in total. The number of piperidine rings is 1. The third-order valence-corrected chi connectivity index (χ3v) is 4.44. The van der Waals surface area contributed by atoms with Gasteiger partial charge in [-0.1, -0.05) is 54.1 Å². The largest absolute Gasteiger partial charge is 0.444 e. The van der Waals surface area contributed by atoms with Crippen LogP contribution in [-0.4, -0.2) is 23.4 Å². The van der Waals surface area contributed by atoms with Gasteiger partial charge in [0, 0.05) is 18.0 Å². The third kappa shape index (κ3) is 3.95. The van der Waals surface area contributed by atoms with E-state index in [1.807, 2.05) is 54.6 Å². The van der Waals surface area contributed by atoms with Crippen LogP contribution in [0.4, 0.5) is 4.79 Å². The van der Waals surface area contributed by atoms with E-state index in [1.165, 1.54) is 4.90 Å². The minimum atomic E-state index is -0.571. The lowest BCUT2D eigenvalue weighted by molar-refractivity contribution is -0.132. The quantitative estimate of drug-likeness (QED) is 0.830. The Morgan fingerprint density at radius 2 is 1.83 bits per heavy atom. The minimum absolute atomic E-state index is 0.118. The van der Waals surface area contributed by atoms with Crippen LogP contribution >= 0.6 is 11.6 Å². The number of amides is 2. The van der Waals surface area contributed by atoms with Crippen molar-refractivity contribution in [2.24, 2.45) is 0 Å². The second-order valence-electron chi connectivity index (χ2n) is 5.83. The van der Waals surface area contributed by atoms with Gasteiger partial charge in [0.2, 0.25) is 5.91 Å². The highest BCUT2D eigenvalue weighted by atomic mass is 35.5. The van der Waals surface area contributed by atoms with Crippen molar-refractivity contribution >= 4 is 23.6 Å². The Morgan fingerprint density at radius 3 is 2.50 bits per heavy atom. The molecule has 0 aromatic heterocycles. The minimum Gasteiger partial charge on any atom is -0.444 e. The topological polar surface area (TPSA) is 46.6 Å². The van der Waals surface area contributed by atoms with E-state index in [4.69, 9.17) is 16.3 Å². The van der Waals surface area contributed by atoms with E-state index < -0.39 is 6.09 Å². The van der Waals surface area contributed by atoms with Gasteiger partial charge >= 0.3 is 6.09 Å². The van der Waals surface area contributed by atoms with Gasteiger partial charge in [-0.05, 0) is 35.6 Å². The number of carbonyl (C=O) groups is 2. The summed E-state index contributed by atoms with van der Waals surface area (Å²) in [4.78, 5) is 25.6. The van der Waals surface area contributed by atoms with Crippen LogP contribution in [0.1, 0.15) is 29.9 Å². The molecule has 1 unspecified atom stereocenters. The molecule has 1 saturated heterocycles. The first kappa shape index (κ1) is 16.5. The number of hydrogen-bond donors (Lipinski definition) is 0. The van der Waals surface area contributed by atoms with Crippen LogP contribution in [0.5, 0.6) is 0 Å². The van der Waals surface area contributed by atoms with Gasteiger partial charge in [-0.2, -0.15) is 0 Å². The number of rotatable bonds is 3. The Bertz CT molecular complexity index is 715. The van der Waals surface area contributed by atoms with E-state index in [2.05, 4.69) is 0 Å². The molecule has 0 radical (unpaired) electrons. The lowest BCUT2D eigenvalue weighted by Gasteiger charge is -2.29. The Balaban J connectivity index is 1.56. The SMILES string of the molecule is O=C1CC(c2ccc(Cl)cc2)CCN1C(=O)OCc1ccccc1. The van der Waals surface area contributed by atoms with Gasteiger partial charge < -0.3 is 4.74 Å². The number of halogens is 1. The van der Waals surface area contributed by atoms with Crippen molar-refractivity contribution in [3.05, 3.63) is 70.7 Å². The normalized spacial score (nSPS) is 17.6. The maximum absolute atomic E-state index is 12.3. The van der Waals surface area contributed by atoms with Crippen LogP contribution in [0, 0.1) is 0 Å². The Hall–Kier alpha value is -2.33. The average molecular weight is 344 g/mol. The van der Waals surface area contributed by atoms with Gasteiger partial charge in [-0.25, -0.2) is 9.69 Å². The van der Waals surface area contributed by atoms with Gasteiger partial charge in [-0.15, -0.1) is 0 Å². The summed E-state index contributed by atoms with van der Waals surface area (Å²) in [6, 6.07) is 16.9. The number of likely N-dealkylation sites (tertiary alicyclic amines) is 1. The second-order valence-corrected chi connectivity index (χ2v) is 6.26. The maximum Gasteiger partial charge on any atom is 0.416 e. The maximum atomic E-state index is 12.3. The van der Waals surface area contributed by atoms with Crippen molar-refractivity contribution in [1.82, 2.24) is 4.90 Å². The van der Waals surface area contributed by atoms with Crippen molar-refractivity contribution in [3.63, 3.8) is 0 Å². The molecule has 3 rings (SSSR count). The summed E-state index contributed by atoms with van der Waals surface area (Å²) >= 11 is 5.89. The Morgan fingerprint density at radius 1 is 1.12 bits per heavy atom. The number of nitrogens with zero attached hydrogens (tertiary/aromatic N) is 1. The Labute approximate surface area is 146 Å². The van der Waals surface area contributed by atoms with Crippen molar-refractivity contribution in [1.29, 1.82) is 0 Å². The van der Waals surface area contributed by atoms with E-state index in [-0.39, 0.29) is 18.4 Å². The first-order chi connectivity index (χ1) is 11.6. The molecule has 0 bridgehead atoms. The summed E-state index contributed by atoms with van der Waals surface area (Å²) in [5.74, 6) is -0.0767. The van der Waals surface area contributed by atoms with Crippen LogP contribution in [0.15, 0.2) is 54.6 Å². The molecule has 24 heavy (non-hydrogen) atoms. The number of ether oxygens (including phenoxy) is 1. The van der Waals surface area contributed by atoms with Gasteiger partial charge in [0.05, 0.1) is 0 Å². The number of hydrogen-bond acceptors (Lipinski definition) is 3. The molecule has 1 aliphatic rings. The smallest absolute Gasteiger partial charge is 0.416 e. The lowest BCUT2D eigenvalue weighted by atomic mass is 9.89. The van der Waals surface area contributed by atoms with E-state index >= 15 is 0 Å². The molecule has 2 aromatic rings. The third-order valence-electron chi connectivity index (χ3n) is 4.19. The molecule has 1 heterocycles. The fourth-order valence-electron chi connectivity index (χ4n) is 2.84. The molecular weight excluding hydrogens is 326 g/mol. The number of carbonyl (C=O) groups excluding carboxylic acids is 2. The van der Waals surface area contributed by atoms with Gasteiger partial charge in [0.15, 0.2) is 0 Å². The molecule has 4 nitrogen and oxygen atoms in total. The van der Waals surface area contributed by atoms with Crippen molar-refractivity contribution in [3.8, 4) is 0 Å². The molecule has 124 valence electrons. The summed E-state index contributed by atoms with van der Waals surface area (Å²) in [6.45, 7) is 0.545. The first-order valence-corrected chi connectivity index (χ1v) is 8.28. The van der Waals surface area contributed by atoms with Crippen LogP contribution in [0.3, 0.4) is 0 Å². The molecular formula is C19H18ClNO3. The number of benzene rings is 2. The van der Waals surface area contributed by atoms with Crippen LogP contribution in [-0.2, 0) is 16.1 Å². The molecule has 1 atom stereocenters. The predicted molar refractivity (Wildman–Crippen MR) is 91.8 cm³/mol. The molecule has 1 fully saturated rings. The fraction of sp³-hybridized carbons (Fsp3) is 0.263. The van der Waals surface area contributed by atoms with Crippen LogP contribution in [0.2, 0.25) is 5.02 Å². The van der Waals surface area contributed by atoms with Crippen molar-refractivity contribution in [2.45, 2.75) is 25.4 Å². The standard InChI is InChI=1S/C19H18ClNO3/c20-17-8-6-15(7-9-17)16-10-11-21(18(22)12-16)19(23)24-13-14-4-2-1-3-5-14/h1-9,16H,10-13H2. The van der Waals surface area contributed by atoms with Crippen molar-refractivity contribution in [2.75, 3.05) is 6.54 Å². The number of imide groups is 1. The lowest BCUT2D eigenvalue weighted by Crippen LogP contribution is -2.42. The van der Waals surface area contributed by atoms with E-state index in [0.29, 0.717) is 18.0 Å². The zero-order valence-corrected chi connectivity index (χ0v) is 13.9. The molecule has 0 saturated carbocycles. The second kappa shape index (κ2) is 7.49. The average Bonchev–Trinajstić information content (AvgIpc) is 2.61. The van der Waals surface area contributed by atoms with Crippen molar-refractivity contribution < 1.29 is 14.3 Å². The Kier molecular flexibility index (Phi) is 5.16. The summed E-state index contributed by atoms with van der Waals surface area (Å²) < 4.78 is 5.24. The summed E-state index contributed by atoms with van der Waals surface area (Å²) in [7, 11) is 0. The van der Waals surface area contributed by atoms with E-state index in [9.17, 15) is 9.59 Å². The highest BCUT2D eigenvalue weighted by Gasteiger charge is 2.31. The predicted octanol–water partition coefficient (Wildman–Crippen LogP) is 4.38. The molecule has 0 aliphatic carbocycles. The zero-order valence-electron chi connectivity index (χ0n) is 13.2. The highest BCUT2D eigenvalue weighted by Crippen LogP contribution is 2.29. The van der Waals surface area contributed by atoms with Crippen LogP contribution < -0.4 is 0 Å². The molecule has 0 spiro atoms. The fourth-order valence-corrected chi connectivity index (χ4v) is 2.97. The molecule has 1 aliphatic heterocycles. The molecule has 2 aromatic carbocycles. The monoisotopic (exact) mass is 343 g/mol. The summed E-state index contributed by atoms with van der Waals surface area (Å²) in [6.07, 6.45) is 0.467. The summed E-state index contributed by atoms with van der Waals surface area (Å²) in [5, 5.41) is 0.673. The van der Waals surface area contributed by atoms with E-state index in [1.54, 1.807) is 0 Å². The van der Waals surface area contributed by atoms with Gasteiger partial charge in [0.1, 0.15) is 6.61 Å². The van der Waals surface area contributed by atoms with Crippen LogP contribution in [0.25, 0.3) is 0 Å². The van der Waals surface area contributed by atoms with E-state index in [0.717, 1.165) is 17.5 Å². The molecule has 5 heteroatoms. The van der Waals surface area contributed by atoms with Gasteiger partial charge in [0.25, 0.3) is 0 Å². The molecule has 2 amide bonds. The zero-order chi connectivity index (χ0) is 16.9. The summed E-state index contributed by atoms with van der Waals surface area (Å²) in [5.41, 5.74) is 1.97. The first-order valence-electron chi connectivity index (χ1n) is 7.90. The van der Waals surface area contributed by atoms with Gasteiger partial charge in [-0.3, -0.25) is 4.79 Å².